The lowest BCUT2D eigenvalue weighted by molar-refractivity contribution is 0.0524. The van der Waals surface area contributed by atoms with Crippen molar-refractivity contribution in [2.24, 2.45) is 0 Å². The maximum Gasteiger partial charge on any atom is 0.343 e. The predicted octanol–water partition coefficient (Wildman–Crippen LogP) is 4.88. The zero-order valence-corrected chi connectivity index (χ0v) is 20.3. The van der Waals surface area contributed by atoms with Crippen LogP contribution in [0.15, 0.2) is 71.7 Å². The zero-order valence-electron chi connectivity index (χ0n) is 20.3. The molecule has 8 nitrogen and oxygen atoms in total. The first kappa shape index (κ1) is 24.7. The molecule has 0 fully saturated rings. The van der Waals surface area contributed by atoms with Crippen molar-refractivity contribution in [1.82, 2.24) is 4.98 Å². The number of rotatable bonds is 10. The highest BCUT2D eigenvalue weighted by Gasteiger charge is 2.17. The third-order valence-electron chi connectivity index (χ3n) is 5.55. The number of ether oxygens (including phenoxy) is 5. The largest absolute Gasteiger partial charge is 0.497 e. The van der Waals surface area contributed by atoms with E-state index in [0.29, 0.717) is 22.4 Å². The Bertz CT molecular complexity index is 1390. The van der Waals surface area contributed by atoms with Crippen LogP contribution in [0.1, 0.15) is 28.4 Å². The number of hydrogen-bond acceptors (Lipinski definition) is 7. The first-order chi connectivity index (χ1) is 17.5. The second kappa shape index (κ2) is 11.3. The fraction of sp³-hybridized carbons (Fsp3) is 0.214. The number of aromatic amines is 1. The maximum absolute atomic E-state index is 13.0. The number of nitrogens with one attached hydrogen (secondary N) is 1. The Morgan fingerprint density at radius 2 is 1.33 bits per heavy atom. The van der Waals surface area contributed by atoms with Gasteiger partial charge in [-0.3, -0.25) is 4.79 Å². The molecule has 186 valence electrons. The number of carbonyl (C=O) groups excluding carboxylic acids is 1. The second-order valence-corrected chi connectivity index (χ2v) is 7.87. The van der Waals surface area contributed by atoms with Gasteiger partial charge in [0, 0.05) is 12.3 Å². The quantitative estimate of drug-likeness (QED) is 0.317. The van der Waals surface area contributed by atoms with E-state index in [4.69, 9.17) is 23.7 Å². The fourth-order valence-corrected chi connectivity index (χ4v) is 3.58. The van der Waals surface area contributed by atoms with Crippen LogP contribution in [0.4, 0.5) is 0 Å². The van der Waals surface area contributed by atoms with Gasteiger partial charge in [-0.05, 0) is 48.4 Å². The number of H-pyrrole nitrogens is 1. The maximum atomic E-state index is 13.0. The smallest absolute Gasteiger partial charge is 0.343 e. The van der Waals surface area contributed by atoms with Gasteiger partial charge < -0.3 is 28.7 Å². The normalized spacial score (nSPS) is 10.6. The molecule has 0 saturated carbocycles. The van der Waals surface area contributed by atoms with Gasteiger partial charge in [0.25, 0.3) is 0 Å². The van der Waals surface area contributed by atoms with Gasteiger partial charge in [-0.1, -0.05) is 24.3 Å². The van der Waals surface area contributed by atoms with Crippen LogP contribution >= 0.6 is 0 Å². The van der Waals surface area contributed by atoms with Crippen LogP contribution in [-0.2, 0) is 18.0 Å². The highest BCUT2D eigenvalue weighted by molar-refractivity contribution is 5.94. The molecule has 36 heavy (non-hydrogen) atoms. The molecular formula is C28H27NO7. The Balaban J connectivity index is 1.66. The van der Waals surface area contributed by atoms with Crippen molar-refractivity contribution >= 4 is 16.9 Å². The molecule has 4 rings (SSSR count). The van der Waals surface area contributed by atoms with E-state index in [-0.39, 0.29) is 25.4 Å². The summed E-state index contributed by atoms with van der Waals surface area (Å²) < 4.78 is 27.6. The molecule has 1 N–H and O–H groups in total. The van der Waals surface area contributed by atoms with Crippen molar-refractivity contribution in [2.75, 3.05) is 20.8 Å². The van der Waals surface area contributed by atoms with E-state index < -0.39 is 11.4 Å². The summed E-state index contributed by atoms with van der Waals surface area (Å²) in [5, 5.41) is 0.294. The highest BCUT2D eigenvalue weighted by atomic mass is 16.5. The van der Waals surface area contributed by atoms with Crippen LogP contribution in [0.5, 0.6) is 23.0 Å². The third kappa shape index (κ3) is 5.60. The minimum absolute atomic E-state index is 0.0719. The molecule has 0 aliphatic heterocycles. The summed E-state index contributed by atoms with van der Waals surface area (Å²) in [5.41, 5.74) is 1.83. The molecule has 4 aromatic rings. The summed E-state index contributed by atoms with van der Waals surface area (Å²) in [7, 11) is 3.22. The van der Waals surface area contributed by atoms with Crippen molar-refractivity contribution in [1.29, 1.82) is 0 Å². The Morgan fingerprint density at radius 3 is 1.83 bits per heavy atom. The van der Waals surface area contributed by atoms with Gasteiger partial charge in [0.1, 0.15) is 30.3 Å². The van der Waals surface area contributed by atoms with E-state index in [2.05, 4.69) is 4.98 Å². The summed E-state index contributed by atoms with van der Waals surface area (Å²) >= 11 is 0. The summed E-state index contributed by atoms with van der Waals surface area (Å²) in [6.45, 7) is 2.37. The minimum atomic E-state index is -0.679. The molecule has 0 unspecified atom stereocenters. The van der Waals surface area contributed by atoms with Gasteiger partial charge in [0.15, 0.2) is 11.5 Å². The number of hydrogen-bond donors (Lipinski definition) is 1. The molecule has 0 aliphatic carbocycles. The van der Waals surface area contributed by atoms with E-state index in [0.717, 1.165) is 22.6 Å². The standard InChI is InChI=1S/C28H27NO7/c1-4-34-28(31)23-15-29-24-14-26(36-17-19-7-11-21(33-3)12-8-19)25(13-22(24)27(23)30)35-16-18-5-9-20(32-2)10-6-18/h5-15H,4,16-17H2,1-3H3,(H,29,30). The number of benzene rings is 3. The van der Waals surface area contributed by atoms with Gasteiger partial charge in [-0.25, -0.2) is 4.79 Å². The van der Waals surface area contributed by atoms with Crippen molar-refractivity contribution < 1.29 is 28.5 Å². The van der Waals surface area contributed by atoms with Gasteiger partial charge in [0.05, 0.1) is 31.7 Å². The Labute approximate surface area is 208 Å². The highest BCUT2D eigenvalue weighted by Crippen LogP contribution is 2.32. The molecule has 1 aromatic heterocycles. The summed E-state index contributed by atoms with van der Waals surface area (Å²) in [6, 6.07) is 18.3. The van der Waals surface area contributed by atoms with E-state index in [1.54, 1.807) is 33.3 Å². The summed E-state index contributed by atoms with van der Waals surface area (Å²) in [4.78, 5) is 28.3. The number of esters is 1. The first-order valence-electron chi connectivity index (χ1n) is 11.4. The number of pyridine rings is 1. The van der Waals surface area contributed by atoms with Crippen LogP contribution in [-0.4, -0.2) is 31.8 Å². The van der Waals surface area contributed by atoms with Gasteiger partial charge in [-0.15, -0.1) is 0 Å². The average Bonchev–Trinajstić information content (AvgIpc) is 2.91. The van der Waals surface area contributed by atoms with Crippen LogP contribution in [0.2, 0.25) is 0 Å². The number of aromatic nitrogens is 1. The Morgan fingerprint density at radius 1 is 0.806 bits per heavy atom. The first-order valence-corrected chi connectivity index (χ1v) is 11.4. The van der Waals surface area contributed by atoms with Gasteiger partial charge >= 0.3 is 5.97 Å². The lowest BCUT2D eigenvalue weighted by Gasteiger charge is -2.15. The van der Waals surface area contributed by atoms with Gasteiger partial charge in [0.2, 0.25) is 5.43 Å². The monoisotopic (exact) mass is 489 g/mol. The summed E-state index contributed by atoms with van der Waals surface area (Å²) in [6.07, 6.45) is 1.35. The molecular weight excluding hydrogens is 462 g/mol. The number of carbonyl (C=O) groups is 1. The minimum Gasteiger partial charge on any atom is -0.497 e. The van der Waals surface area contributed by atoms with Crippen LogP contribution in [0, 0.1) is 0 Å². The van der Waals surface area contributed by atoms with Crippen LogP contribution in [0.3, 0.4) is 0 Å². The predicted molar refractivity (Wildman–Crippen MR) is 135 cm³/mol. The lowest BCUT2D eigenvalue weighted by atomic mass is 10.1. The van der Waals surface area contributed by atoms with Crippen molar-refractivity contribution in [3.63, 3.8) is 0 Å². The number of methoxy groups -OCH3 is 2. The number of fused-ring (bicyclic) bond motifs is 1. The molecule has 0 aliphatic rings. The second-order valence-electron chi connectivity index (χ2n) is 7.87. The Kier molecular flexibility index (Phi) is 7.75. The van der Waals surface area contributed by atoms with Crippen LogP contribution < -0.4 is 24.4 Å². The van der Waals surface area contributed by atoms with Crippen molar-refractivity contribution in [3.8, 4) is 23.0 Å². The van der Waals surface area contributed by atoms with E-state index in [1.807, 2.05) is 48.5 Å². The molecule has 8 heteroatoms. The van der Waals surface area contributed by atoms with Crippen molar-refractivity contribution in [2.45, 2.75) is 20.1 Å². The fourth-order valence-electron chi connectivity index (χ4n) is 3.58. The molecule has 0 spiro atoms. The molecule has 0 bridgehead atoms. The Hall–Kier alpha value is -4.46. The lowest BCUT2D eigenvalue weighted by Crippen LogP contribution is -2.18. The van der Waals surface area contributed by atoms with Crippen molar-refractivity contribution in [3.05, 3.63) is 93.8 Å². The molecule has 0 amide bonds. The SMILES string of the molecule is CCOC(=O)c1c[nH]c2cc(OCc3ccc(OC)cc3)c(OCc3ccc(OC)cc3)cc2c1=O. The molecule has 0 saturated heterocycles. The van der Waals surface area contributed by atoms with Gasteiger partial charge in [-0.2, -0.15) is 0 Å². The molecule has 0 radical (unpaired) electrons. The zero-order chi connectivity index (χ0) is 25.5. The molecule has 0 atom stereocenters. The third-order valence-corrected chi connectivity index (χ3v) is 5.55. The summed E-state index contributed by atoms with van der Waals surface area (Å²) in [5.74, 6) is 1.64. The average molecular weight is 490 g/mol. The van der Waals surface area contributed by atoms with E-state index in [1.165, 1.54) is 6.20 Å². The topological polar surface area (TPSA) is 96.1 Å². The van der Waals surface area contributed by atoms with E-state index >= 15 is 0 Å². The molecule has 1 heterocycles. The van der Waals surface area contributed by atoms with Crippen LogP contribution in [0.25, 0.3) is 10.9 Å². The molecule has 3 aromatic carbocycles. The van der Waals surface area contributed by atoms with E-state index in [9.17, 15) is 9.59 Å².